The minimum Gasteiger partial charge on any atom is -0.385 e. The zero-order chi connectivity index (χ0) is 20.1. The zero-order valence-electron chi connectivity index (χ0n) is 16.3. The Balaban J connectivity index is 1.87. The van der Waals surface area contributed by atoms with Gasteiger partial charge < -0.3 is 15.4 Å². The smallest absolute Gasteiger partial charge is 0.292 e. The van der Waals surface area contributed by atoms with Crippen LogP contribution in [0.1, 0.15) is 38.7 Å². The first-order valence-electron chi connectivity index (χ1n) is 9.14. The second-order valence-corrected chi connectivity index (χ2v) is 6.61. The van der Waals surface area contributed by atoms with Crippen LogP contribution in [0.25, 0.3) is 5.52 Å². The summed E-state index contributed by atoms with van der Waals surface area (Å²) in [7, 11) is 1.62. The molecular formula is C21H24N4O3. The van der Waals surface area contributed by atoms with Gasteiger partial charge in [0.1, 0.15) is 0 Å². The summed E-state index contributed by atoms with van der Waals surface area (Å²) in [5, 5.41) is 5.70. The monoisotopic (exact) mass is 380 g/mol. The fourth-order valence-corrected chi connectivity index (χ4v) is 3.00. The molecule has 0 aliphatic carbocycles. The molecule has 28 heavy (non-hydrogen) atoms. The Labute approximate surface area is 163 Å². The number of imidazole rings is 1. The van der Waals surface area contributed by atoms with Crippen molar-refractivity contribution in [3.8, 4) is 0 Å². The van der Waals surface area contributed by atoms with Gasteiger partial charge in [-0.2, -0.15) is 0 Å². The fraction of sp³-hybridized carbons (Fsp3) is 0.286. The van der Waals surface area contributed by atoms with E-state index in [0.29, 0.717) is 30.8 Å². The molecule has 0 aliphatic heterocycles. The molecule has 0 bridgehead atoms. The standard InChI is InChI=1S/C21H24N4O3/c1-14-8-9-16(15(2)13-14)23-21(27)19-24-18(17-7-4-5-11-25(17)19)20(26)22-10-6-12-28-3/h4-5,7-9,11,13H,6,10,12H2,1-3H3,(H,22,26)(H,23,27). The number of aromatic nitrogens is 2. The van der Waals surface area contributed by atoms with E-state index in [-0.39, 0.29) is 23.3 Å². The summed E-state index contributed by atoms with van der Waals surface area (Å²) in [6.45, 7) is 4.97. The van der Waals surface area contributed by atoms with E-state index in [1.165, 1.54) is 0 Å². The number of hydrogen-bond donors (Lipinski definition) is 2. The highest BCUT2D eigenvalue weighted by molar-refractivity contribution is 6.06. The van der Waals surface area contributed by atoms with Crippen molar-refractivity contribution in [2.24, 2.45) is 0 Å². The van der Waals surface area contributed by atoms with Crippen molar-refractivity contribution < 1.29 is 14.3 Å². The third kappa shape index (κ3) is 4.20. The summed E-state index contributed by atoms with van der Waals surface area (Å²) in [6, 6.07) is 11.2. The van der Waals surface area contributed by atoms with Gasteiger partial charge in [0.05, 0.1) is 5.52 Å². The lowest BCUT2D eigenvalue weighted by Gasteiger charge is -2.08. The maximum Gasteiger partial charge on any atom is 0.292 e. The second-order valence-electron chi connectivity index (χ2n) is 6.61. The molecule has 0 saturated heterocycles. The molecule has 0 aliphatic rings. The van der Waals surface area contributed by atoms with Crippen LogP contribution in [0.2, 0.25) is 0 Å². The van der Waals surface area contributed by atoms with Crippen molar-refractivity contribution in [3.05, 3.63) is 65.2 Å². The Morgan fingerprint density at radius 2 is 1.96 bits per heavy atom. The number of rotatable bonds is 7. The van der Waals surface area contributed by atoms with Crippen LogP contribution in [0, 0.1) is 13.8 Å². The van der Waals surface area contributed by atoms with Gasteiger partial charge in [0.2, 0.25) is 5.82 Å². The Hall–Kier alpha value is -3.19. The lowest BCUT2D eigenvalue weighted by atomic mass is 10.1. The maximum atomic E-state index is 12.9. The summed E-state index contributed by atoms with van der Waals surface area (Å²) in [6.07, 6.45) is 2.43. The van der Waals surface area contributed by atoms with Crippen molar-refractivity contribution in [1.29, 1.82) is 0 Å². The average molecular weight is 380 g/mol. The number of nitrogens with zero attached hydrogens (tertiary/aromatic N) is 2. The molecule has 0 fully saturated rings. The number of benzene rings is 1. The molecule has 0 saturated carbocycles. The first-order chi connectivity index (χ1) is 13.5. The summed E-state index contributed by atoms with van der Waals surface area (Å²) in [4.78, 5) is 29.7. The van der Waals surface area contributed by atoms with Crippen molar-refractivity contribution in [3.63, 3.8) is 0 Å². The molecule has 0 atom stereocenters. The lowest BCUT2D eigenvalue weighted by molar-refractivity contribution is 0.0946. The molecule has 2 heterocycles. The van der Waals surface area contributed by atoms with Crippen LogP contribution in [-0.4, -0.2) is 41.5 Å². The van der Waals surface area contributed by atoms with Crippen molar-refractivity contribution in [1.82, 2.24) is 14.7 Å². The highest BCUT2D eigenvalue weighted by Crippen LogP contribution is 2.19. The van der Waals surface area contributed by atoms with Crippen LogP contribution in [0.4, 0.5) is 5.69 Å². The van der Waals surface area contributed by atoms with Crippen LogP contribution in [0.15, 0.2) is 42.6 Å². The zero-order valence-corrected chi connectivity index (χ0v) is 16.3. The van der Waals surface area contributed by atoms with Gasteiger partial charge in [-0.25, -0.2) is 4.98 Å². The van der Waals surface area contributed by atoms with Crippen LogP contribution >= 0.6 is 0 Å². The Bertz CT molecular complexity index is 1010. The molecule has 7 heteroatoms. The maximum absolute atomic E-state index is 12.9. The molecule has 3 aromatic rings. The topological polar surface area (TPSA) is 84.7 Å². The molecule has 146 valence electrons. The van der Waals surface area contributed by atoms with Crippen LogP contribution < -0.4 is 10.6 Å². The molecule has 2 N–H and O–H groups in total. The van der Waals surface area contributed by atoms with Gasteiger partial charge in [-0.1, -0.05) is 23.8 Å². The largest absolute Gasteiger partial charge is 0.385 e. The molecule has 2 aromatic heterocycles. The van der Waals surface area contributed by atoms with Gasteiger partial charge >= 0.3 is 0 Å². The molecule has 0 unspecified atom stereocenters. The number of nitrogens with one attached hydrogen (secondary N) is 2. The quantitative estimate of drug-likeness (QED) is 0.617. The van der Waals surface area contributed by atoms with E-state index in [4.69, 9.17) is 4.74 Å². The summed E-state index contributed by atoms with van der Waals surface area (Å²) < 4.78 is 6.61. The van der Waals surface area contributed by atoms with Gasteiger partial charge in [0.15, 0.2) is 5.69 Å². The number of amides is 2. The van der Waals surface area contributed by atoms with Crippen LogP contribution in [0.3, 0.4) is 0 Å². The van der Waals surface area contributed by atoms with E-state index < -0.39 is 0 Å². The van der Waals surface area contributed by atoms with Gasteiger partial charge in [-0.15, -0.1) is 0 Å². The van der Waals surface area contributed by atoms with Gasteiger partial charge in [-0.3, -0.25) is 14.0 Å². The van der Waals surface area contributed by atoms with Gasteiger partial charge in [0.25, 0.3) is 11.8 Å². The molecule has 3 rings (SSSR count). The number of anilines is 1. The number of hydrogen-bond acceptors (Lipinski definition) is 4. The second kappa shape index (κ2) is 8.67. The van der Waals surface area contributed by atoms with E-state index in [2.05, 4.69) is 15.6 Å². The highest BCUT2D eigenvalue weighted by atomic mass is 16.5. The predicted molar refractivity (Wildman–Crippen MR) is 108 cm³/mol. The average Bonchev–Trinajstić information content (AvgIpc) is 3.07. The molecule has 2 amide bonds. The number of carbonyl (C=O) groups excluding carboxylic acids is 2. The minimum atomic E-state index is -0.369. The Kier molecular flexibility index (Phi) is 6.06. The molecule has 0 spiro atoms. The number of pyridine rings is 1. The van der Waals surface area contributed by atoms with E-state index in [0.717, 1.165) is 11.1 Å². The summed E-state index contributed by atoms with van der Waals surface area (Å²) in [5.41, 5.74) is 3.61. The normalized spacial score (nSPS) is 10.8. The first kappa shape index (κ1) is 19.6. The Morgan fingerprint density at radius 3 is 2.71 bits per heavy atom. The third-order valence-corrected chi connectivity index (χ3v) is 4.41. The fourth-order valence-electron chi connectivity index (χ4n) is 3.00. The molecule has 0 radical (unpaired) electrons. The predicted octanol–water partition coefficient (Wildman–Crippen LogP) is 2.97. The van der Waals surface area contributed by atoms with Crippen molar-refractivity contribution >= 4 is 23.0 Å². The number of ether oxygens (including phenoxy) is 1. The number of carbonyl (C=O) groups is 2. The first-order valence-corrected chi connectivity index (χ1v) is 9.14. The number of methoxy groups -OCH3 is 1. The van der Waals surface area contributed by atoms with E-state index in [1.807, 2.05) is 38.1 Å². The summed E-state index contributed by atoms with van der Waals surface area (Å²) in [5.74, 6) is -0.519. The summed E-state index contributed by atoms with van der Waals surface area (Å²) >= 11 is 0. The van der Waals surface area contributed by atoms with E-state index in [1.54, 1.807) is 29.8 Å². The lowest BCUT2D eigenvalue weighted by Crippen LogP contribution is -2.26. The van der Waals surface area contributed by atoms with Crippen molar-refractivity contribution in [2.75, 3.05) is 25.6 Å². The molecular weight excluding hydrogens is 356 g/mol. The van der Waals surface area contributed by atoms with Gasteiger partial charge in [0, 0.05) is 32.1 Å². The van der Waals surface area contributed by atoms with Gasteiger partial charge in [-0.05, 0) is 44.0 Å². The van der Waals surface area contributed by atoms with E-state index in [9.17, 15) is 9.59 Å². The number of fused-ring (bicyclic) bond motifs is 1. The van der Waals surface area contributed by atoms with E-state index >= 15 is 0 Å². The Morgan fingerprint density at radius 1 is 1.14 bits per heavy atom. The number of aryl methyl sites for hydroxylation is 2. The highest BCUT2D eigenvalue weighted by Gasteiger charge is 2.21. The van der Waals surface area contributed by atoms with Crippen LogP contribution in [-0.2, 0) is 4.74 Å². The van der Waals surface area contributed by atoms with Crippen molar-refractivity contribution in [2.45, 2.75) is 20.3 Å². The minimum absolute atomic E-state index is 0.164. The molecule has 1 aromatic carbocycles. The van der Waals surface area contributed by atoms with Crippen LogP contribution in [0.5, 0.6) is 0 Å². The SMILES string of the molecule is COCCCNC(=O)c1nc(C(=O)Nc2ccc(C)cc2C)n2ccccc12. The molecule has 7 nitrogen and oxygen atoms in total. The third-order valence-electron chi connectivity index (χ3n) is 4.41.